The Morgan fingerprint density at radius 1 is 1.19 bits per heavy atom. The zero-order valence-electron chi connectivity index (χ0n) is 11.5. The van der Waals surface area contributed by atoms with Crippen LogP contribution in [0.2, 0.25) is 0 Å². The van der Waals surface area contributed by atoms with Gasteiger partial charge < -0.3 is 5.32 Å². The van der Waals surface area contributed by atoms with Crippen molar-refractivity contribution in [2.75, 3.05) is 5.32 Å². The van der Waals surface area contributed by atoms with Crippen LogP contribution < -0.4 is 5.32 Å². The molecule has 1 N–H and O–H groups in total. The van der Waals surface area contributed by atoms with Gasteiger partial charge in [0.05, 0.1) is 4.92 Å². The summed E-state index contributed by atoms with van der Waals surface area (Å²) in [5.74, 6) is -0.257. The van der Waals surface area contributed by atoms with Crippen LogP contribution >= 0.6 is 15.9 Å². The summed E-state index contributed by atoms with van der Waals surface area (Å²) in [6, 6.07) is 9.97. The Labute approximate surface area is 130 Å². The molecule has 21 heavy (non-hydrogen) atoms. The van der Waals surface area contributed by atoms with Crippen LogP contribution in [-0.2, 0) is 0 Å². The first-order valence-corrected chi connectivity index (χ1v) is 7.01. The van der Waals surface area contributed by atoms with E-state index in [1.54, 1.807) is 38.1 Å². The van der Waals surface area contributed by atoms with Gasteiger partial charge in [-0.15, -0.1) is 0 Å². The molecule has 2 aromatic carbocycles. The van der Waals surface area contributed by atoms with E-state index in [4.69, 9.17) is 0 Å². The summed E-state index contributed by atoms with van der Waals surface area (Å²) in [6.45, 7) is 3.42. The highest BCUT2D eigenvalue weighted by Crippen LogP contribution is 2.27. The van der Waals surface area contributed by atoms with Gasteiger partial charge in [0.25, 0.3) is 11.6 Å². The van der Waals surface area contributed by atoms with Crippen LogP contribution in [0.25, 0.3) is 0 Å². The maximum Gasteiger partial charge on any atom is 0.272 e. The van der Waals surface area contributed by atoms with Gasteiger partial charge in [-0.3, -0.25) is 14.9 Å². The number of amides is 1. The Morgan fingerprint density at radius 3 is 2.52 bits per heavy atom. The quantitative estimate of drug-likeness (QED) is 0.666. The Bertz CT molecular complexity index is 729. The summed E-state index contributed by atoms with van der Waals surface area (Å²) in [5.41, 5.74) is 2.37. The van der Waals surface area contributed by atoms with Gasteiger partial charge in [0.1, 0.15) is 0 Å². The topological polar surface area (TPSA) is 72.2 Å². The first-order chi connectivity index (χ1) is 9.90. The molecule has 0 heterocycles. The lowest BCUT2D eigenvalue weighted by Gasteiger charge is -2.11. The van der Waals surface area contributed by atoms with E-state index in [0.717, 1.165) is 4.47 Å². The minimum Gasteiger partial charge on any atom is -0.322 e. The van der Waals surface area contributed by atoms with Crippen molar-refractivity contribution in [1.82, 2.24) is 0 Å². The number of hydrogen-bond donors (Lipinski definition) is 1. The summed E-state index contributed by atoms with van der Waals surface area (Å²) >= 11 is 3.31. The Kier molecular flexibility index (Phi) is 4.37. The van der Waals surface area contributed by atoms with Gasteiger partial charge in [-0.2, -0.15) is 0 Å². The third kappa shape index (κ3) is 3.28. The molecule has 0 fully saturated rings. The molecule has 2 aromatic rings. The Hall–Kier alpha value is -2.21. The molecule has 0 spiro atoms. The van der Waals surface area contributed by atoms with Crippen LogP contribution in [0.4, 0.5) is 11.4 Å². The van der Waals surface area contributed by atoms with E-state index >= 15 is 0 Å². The predicted molar refractivity (Wildman–Crippen MR) is 84.7 cm³/mol. The number of nitrogens with zero attached hydrogens (tertiary/aromatic N) is 1. The van der Waals surface area contributed by atoms with Gasteiger partial charge in [-0.1, -0.05) is 22.0 Å². The zero-order valence-corrected chi connectivity index (χ0v) is 13.1. The molecule has 0 aliphatic heterocycles. The molecular formula is C15H13BrN2O3. The van der Waals surface area contributed by atoms with Crippen molar-refractivity contribution in [3.05, 3.63) is 67.7 Å². The molecule has 0 saturated heterocycles. The molecule has 1 amide bonds. The minimum absolute atomic E-state index is 0.0490. The van der Waals surface area contributed by atoms with E-state index in [1.807, 2.05) is 6.07 Å². The molecule has 0 saturated carbocycles. The predicted octanol–water partition coefficient (Wildman–Crippen LogP) is 4.23. The molecule has 0 bridgehead atoms. The van der Waals surface area contributed by atoms with Crippen LogP contribution in [0.3, 0.4) is 0 Å². The lowest BCUT2D eigenvalue weighted by molar-refractivity contribution is -0.385. The highest BCUT2D eigenvalue weighted by atomic mass is 79.9. The van der Waals surface area contributed by atoms with Gasteiger partial charge >= 0.3 is 0 Å². The highest BCUT2D eigenvalue weighted by Gasteiger charge is 2.16. The van der Waals surface area contributed by atoms with E-state index in [1.165, 1.54) is 6.07 Å². The maximum atomic E-state index is 12.2. The zero-order chi connectivity index (χ0) is 15.6. The number of rotatable bonds is 3. The largest absolute Gasteiger partial charge is 0.322 e. The second-order valence-electron chi connectivity index (χ2n) is 4.60. The second-order valence-corrected chi connectivity index (χ2v) is 5.52. The van der Waals surface area contributed by atoms with Crippen molar-refractivity contribution in [3.63, 3.8) is 0 Å². The summed E-state index contributed by atoms with van der Waals surface area (Å²) in [4.78, 5) is 22.6. The third-order valence-corrected chi connectivity index (χ3v) is 3.78. The number of carbonyl (C=O) groups is 1. The smallest absolute Gasteiger partial charge is 0.272 e. The number of nitrogens with one attached hydrogen (secondary N) is 1. The van der Waals surface area contributed by atoms with E-state index in [9.17, 15) is 14.9 Å². The van der Waals surface area contributed by atoms with Crippen LogP contribution in [-0.4, -0.2) is 10.8 Å². The van der Waals surface area contributed by atoms with Gasteiger partial charge in [-0.05, 0) is 43.7 Å². The molecule has 0 aliphatic rings. The normalized spacial score (nSPS) is 10.2. The van der Waals surface area contributed by atoms with Crippen LogP contribution in [0.5, 0.6) is 0 Å². The van der Waals surface area contributed by atoms with Crippen molar-refractivity contribution >= 4 is 33.2 Å². The average Bonchev–Trinajstić information content (AvgIpc) is 2.43. The van der Waals surface area contributed by atoms with Crippen molar-refractivity contribution in [1.29, 1.82) is 0 Å². The van der Waals surface area contributed by atoms with E-state index < -0.39 is 4.92 Å². The molecule has 0 atom stereocenters. The van der Waals surface area contributed by atoms with Crippen LogP contribution in [0.15, 0.2) is 40.9 Å². The molecule has 6 heteroatoms. The number of carbonyl (C=O) groups excluding carboxylic acids is 1. The second kappa shape index (κ2) is 6.05. The maximum absolute atomic E-state index is 12.2. The van der Waals surface area contributed by atoms with Crippen molar-refractivity contribution < 1.29 is 9.72 Å². The summed E-state index contributed by atoms with van der Waals surface area (Å²) in [6.07, 6.45) is 0. The molecule has 0 aliphatic carbocycles. The van der Waals surface area contributed by atoms with E-state index in [-0.39, 0.29) is 11.6 Å². The molecular weight excluding hydrogens is 336 g/mol. The number of halogens is 1. The SMILES string of the molecule is Cc1c(NC(=O)c2cccc(Br)c2)ccc([N+](=O)[O-])c1C. The Balaban J connectivity index is 2.30. The third-order valence-electron chi connectivity index (χ3n) is 3.29. The van der Waals surface area contributed by atoms with Crippen molar-refractivity contribution in [2.45, 2.75) is 13.8 Å². The van der Waals surface area contributed by atoms with Gasteiger partial charge in [0.2, 0.25) is 0 Å². The lowest BCUT2D eigenvalue weighted by atomic mass is 10.1. The average molecular weight is 349 g/mol. The number of anilines is 1. The fourth-order valence-electron chi connectivity index (χ4n) is 1.96. The summed E-state index contributed by atoms with van der Waals surface area (Å²) in [7, 11) is 0. The van der Waals surface area contributed by atoms with E-state index in [2.05, 4.69) is 21.2 Å². The molecule has 0 unspecified atom stereocenters. The van der Waals surface area contributed by atoms with Crippen molar-refractivity contribution in [3.8, 4) is 0 Å². The molecule has 108 valence electrons. The fourth-order valence-corrected chi connectivity index (χ4v) is 2.36. The highest BCUT2D eigenvalue weighted by molar-refractivity contribution is 9.10. The van der Waals surface area contributed by atoms with Crippen LogP contribution in [0.1, 0.15) is 21.5 Å². The van der Waals surface area contributed by atoms with Gasteiger partial charge in [0.15, 0.2) is 0 Å². The van der Waals surface area contributed by atoms with E-state index in [0.29, 0.717) is 22.4 Å². The van der Waals surface area contributed by atoms with Crippen molar-refractivity contribution in [2.24, 2.45) is 0 Å². The molecule has 0 aromatic heterocycles. The van der Waals surface area contributed by atoms with Crippen LogP contribution in [0, 0.1) is 24.0 Å². The molecule has 5 nitrogen and oxygen atoms in total. The van der Waals surface area contributed by atoms with Gasteiger partial charge in [-0.25, -0.2) is 0 Å². The monoisotopic (exact) mass is 348 g/mol. The number of nitro groups is 1. The Morgan fingerprint density at radius 2 is 1.90 bits per heavy atom. The standard InChI is InChI=1S/C15H13BrN2O3/c1-9-10(2)14(18(20)21)7-6-13(9)17-15(19)11-4-3-5-12(16)8-11/h3-8H,1-2H3,(H,17,19). The summed E-state index contributed by atoms with van der Waals surface area (Å²) in [5, 5.41) is 13.7. The number of nitro benzene ring substituents is 1. The molecule has 0 radical (unpaired) electrons. The number of hydrogen-bond acceptors (Lipinski definition) is 3. The number of benzene rings is 2. The minimum atomic E-state index is -0.428. The fraction of sp³-hybridized carbons (Fsp3) is 0.133. The first kappa shape index (κ1) is 15.2. The first-order valence-electron chi connectivity index (χ1n) is 6.21. The summed E-state index contributed by atoms with van der Waals surface area (Å²) < 4.78 is 0.812. The lowest BCUT2D eigenvalue weighted by Crippen LogP contribution is -2.13. The van der Waals surface area contributed by atoms with Gasteiger partial charge in [0, 0.05) is 27.4 Å². The molecule has 2 rings (SSSR count).